The van der Waals surface area contributed by atoms with Crippen molar-refractivity contribution in [2.45, 2.75) is 42.6 Å². The van der Waals surface area contributed by atoms with E-state index in [1.165, 1.54) is 0 Å². The van der Waals surface area contributed by atoms with Gasteiger partial charge in [0.15, 0.2) is 15.5 Å². The van der Waals surface area contributed by atoms with E-state index in [1.807, 2.05) is 16.8 Å². The van der Waals surface area contributed by atoms with E-state index >= 15 is 0 Å². The van der Waals surface area contributed by atoms with Crippen LogP contribution in [-0.2, 0) is 25.1 Å². The monoisotopic (exact) mass is 543 g/mol. The Bertz CT molecular complexity index is 1290. The van der Waals surface area contributed by atoms with Gasteiger partial charge in [-0.15, -0.1) is 0 Å². The maximum atomic E-state index is 13.6. The number of carbonyl (C=O) groups is 1. The van der Waals surface area contributed by atoms with E-state index in [1.54, 1.807) is 17.0 Å². The fraction of sp³-hybridized carbons (Fsp3) is 0.630. The quantitative estimate of drug-likeness (QED) is 0.562. The third-order valence-electron chi connectivity index (χ3n) is 8.21. The van der Waals surface area contributed by atoms with Gasteiger partial charge in [-0.2, -0.15) is 5.10 Å². The molecule has 0 bridgehead atoms. The first kappa shape index (κ1) is 25.9. The summed E-state index contributed by atoms with van der Waals surface area (Å²) in [7, 11) is -3.57. The van der Waals surface area contributed by atoms with Crippen LogP contribution in [0.4, 0.5) is 0 Å². The summed E-state index contributed by atoms with van der Waals surface area (Å²) < 4.78 is 39.7. The number of rotatable bonds is 5. The lowest BCUT2D eigenvalue weighted by molar-refractivity contribution is -0.0216. The fourth-order valence-corrected chi connectivity index (χ4v) is 7.85. The van der Waals surface area contributed by atoms with Crippen molar-refractivity contribution in [1.29, 1.82) is 0 Å². The van der Waals surface area contributed by atoms with E-state index in [-0.39, 0.29) is 29.5 Å². The zero-order valence-electron chi connectivity index (χ0n) is 22.0. The minimum atomic E-state index is -3.57. The van der Waals surface area contributed by atoms with Crippen LogP contribution < -0.4 is 0 Å². The van der Waals surface area contributed by atoms with Gasteiger partial charge in [0.05, 0.1) is 48.3 Å². The maximum Gasteiger partial charge on any atom is 0.274 e. The highest BCUT2D eigenvalue weighted by Gasteiger charge is 2.39. The number of ether oxygens (including phenoxy) is 2. The molecule has 2 aromatic rings. The fourth-order valence-electron chi connectivity index (χ4n) is 6.26. The zero-order chi connectivity index (χ0) is 26.3. The van der Waals surface area contributed by atoms with Crippen LogP contribution in [-0.4, -0.2) is 117 Å². The first-order valence-electron chi connectivity index (χ1n) is 13.8. The van der Waals surface area contributed by atoms with Gasteiger partial charge in [-0.3, -0.25) is 19.3 Å². The zero-order valence-corrected chi connectivity index (χ0v) is 22.9. The Hall–Kier alpha value is -2.31. The molecule has 6 rings (SSSR count). The number of likely N-dealkylation sites (tertiary alicyclic amines) is 1. The van der Waals surface area contributed by atoms with Crippen LogP contribution in [0.2, 0.25) is 0 Å². The van der Waals surface area contributed by atoms with Gasteiger partial charge in [0, 0.05) is 56.9 Å². The summed E-state index contributed by atoms with van der Waals surface area (Å²) in [5, 5.41) is 4.92. The largest absolute Gasteiger partial charge is 0.378 e. The van der Waals surface area contributed by atoms with Crippen molar-refractivity contribution in [3.8, 4) is 11.3 Å². The number of hydrogen-bond donors (Lipinski definition) is 0. The molecule has 10 nitrogen and oxygen atoms in total. The molecule has 2 atom stereocenters. The summed E-state index contributed by atoms with van der Waals surface area (Å²) in [5.41, 5.74) is 2.27. The highest BCUT2D eigenvalue weighted by molar-refractivity contribution is 7.90. The Morgan fingerprint density at radius 1 is 1.03 bits per heavy atom. The number of fused-ring (bicyclic) bond motifs is 3. The number of hydrogen-bond acceptors (Lipinski definition) is 8. The molecule has 1 amide bonds. The van der Waals surface area contributed by atoms with Crippen molar-refractivity contribution in [3.63, 3.8) is 0 Å². The topological polar surface area (TPSA) is 97.2 Å². The summed E-state index contributed by atoms with van der Waals surface area (Å²) in [6.45, 7) is 10.6. The van der Waals surface area contributed by atoms with Gasteiger partial charge in [-0.25, -0.2) is 8.42 Å². The number of nitrogens with zero attached hydrogens (tertiary/aromatic N) is 5. The Morgan fingerprint density at radius 3 is 2.58 bits per heavy atom. The minimum Gasteiger partial charge on any atom is -0.378 e. The Morgan fingerprint density at radius 2 is 1.79 bits per heavy atom. The van der Waals surface area contributed by atoms with Crippen LogP contribution in [0.5, 0.6) is 0 Å². The highest BCUT2D eigenvalue weighted by atomic mass is 32.2. The Kier molecular flexibility index (Phi) is 7.30. The molecule has 0 radical (unpaired) electrons. The van der Waals surface area contributed by atoms with E-state index in [2.05, 4.69) is 16.7 Å². The summed E-state index contributed by atoms with van der Waals surface area (Å²) in [5.74, 6) is -0.400. The van der Waals surface area contributed by atoms with Gasteiger partial charge in [-0.1, -0.05) is 18.2 Å². The standard InChI is InChI=1S/C27H37N5O5S/c1-20-17-30(11-16-37-20)10-9-29-8-4-5-21(18-29)32-26-22-6-2-3-7-24(22)38(34,35)19-23(26)25(28-32)27(33)31-12-14-36-15-13-31/h2-3,6-7,20-21H,4-5,8-19H2,1H3. The second-order valence-electron chi connectivity index (χ2n) is 10.9. The third kappa shape index (κ3) is 5.02. The van der Waals surface area contributed by atoms with Crippen molar-refractivity contribution >= 4 is 15.7 Å². The summed E-state index contributed by atoms with van der Waals surface area (Å²) in [6, 6.07) is 7.22. The normalized spacial score (nSPS) is 26.1. The van der Waals surface area contributed by atoms with Crippen LogP contribution in [0.3, 0.4) is 0 Å². The molecule has 4 aliphatic rings. The molecule has 206 valence electrons. The molecule has 3 fully saturated rings. The second kappa shape index (κ2) is 10.7. The van der Waals surface area contributed by atoms with Crippen molar-refractivity contribution < 1.29 is 22.7 Å². The number of benzene rings is 1. The minimum absolute atomic E-state index is 0.0706. The molecule has 0 N–H and O–H groups in total. The predicted molar refractivity (Wildman–Crippen MR) is 142 cm³/mol. The number of sulfone groups is 1. The van der Waals surface area contributed by atoms with Gasteiger partial charge in [0.1, 0.15) is 0 Å². The first-order valence-corrected chi connectivity index (χ1v) is 15.4. The van der Waals surface area contributed by atoms with Crippen LogP contribution in [0.1, 0.15) is 41.9 Å². The molecule has 0 aliphatic carbocycles. The lowest BCUT2D eigenvalue weighted by Crippen LogP contribution is -2.46. The molecule has 3 saturated heterocycles. The van der Waals surface area contributed by atoms with Crippen LogP contribution in [0.25, 0.3) is 11.3 Å². The number of piperidine rings is 1. The van der Waals surface area contributed by atoms with Gasteiger partial charge in [0.25, 0.3) is 5.91 Å². The van der Waals surface area contributed by atoms with E-state index in [0.717, 1.165) is 64.4 Å². The maximum absolute atomic E-state index is 13.6. The Labute approximate surface area is 224 Å². The number of carbonyl (C=O) groups excluding carboxylic acids is 1. The highest BCUT2D eigenvalue weighted by Crippen LogP contribution is 2.41. The molecular formula is C27H37N5O5S. The van der Waals surface area contributed by atoms with Crippen molar-refractivity contribution in [2.24, 2.45) is 0 Å². The van der Waals surface area contributed by atoms with Crippen molar-refractivity contribution in [2.75, 3.05) is 72.2 Å². The van der Waals surface area contributed by atoms with Crippen LogP contribution in [0.15, 0.2) is 29.2 Å². The SMILES string of the molecule is CC1CN(CCN2CCCC(n3nc(C(=O)N4CCOCC4)c4c3-c3ccccc3S(=O)(=O)C4)C2)CCO1. The average Bonchev–Trinajstić information content (AvgIpc) is 3.31. The molecular weight excluding hydrogens is 506 g/mol. The number of morpholine rings is 2. The smallest absolute Gasteiger partial charge is 0.274 e. The third-order valence-corrected chi connectivity index (χ3v) is 9.90. The van der Waals surface area contributed by atoms with Gasteiger partial charge < -0.3 is 14.4 Å². The summed E-state index contributed by atoms with van der Waals surface area (Å²) in [6.07, 6.45) is 2.25. The molecule has 4 aliphatic heterocycles. The van der Waals surface area contributed by atoms with E-state index < -0.39 is 9.84 Å². The van der Waals surface area contributed by atoms with E-state index in [9.17, 15) is 13.2 Å². The molecule has 2 unspecified atom stereocenters. The second-order valence-corrected chi connectivity index (χ2v) is 12.8. The average molecular weight is 544 g/mol. The number of amides is 1. The molecule has 11 heteroatoms. The molecule has 0 spiro atoms. The molecule has 0 saturated carbocycles. The molecule has 5 heterocycles. The van der Waals surface area contributed by atoms with Gasteiger partial charge >= 0.3 is 0 Å². The van der Waals surface area contributed by atoms with Crippen LogP contribution in [0, 0.1) is 0 Å². The molecule has 1 aromatic carbocycles. The van der Waals surface area contributed by atoms with Gasteiger partial charge in [-0.05, 0) is 32.4 Å². The lowest BCUT2D eigenvalue weighted by atomic mass is 10.0. The first-order chi connectivity index (χ1) is 18.4. The van der Waals surface area contributed by atoms with Gasteiger partial charge in [0.2, 0.25) is 0 Å². The summed E-state index contributed by atoms with van der Waals surface area (Å²) >= 11 is 0. The van der Waals surface area contributed by atoms with E-state index in [0.29, 0.717) is 42.3 Å². The predicted octanol–water partition coefficient (Wildman–Crippen LogP) is 1.67. The molecule has 1 aromatic heterocycles. The Balaban J connectivity index is 1.31. The molecule has 38 heavy (non-hydrogen) atoms. The van der Waals surface area contributed by atoms with Crippen molar-refractivity contribution in [1.82, 2.24) is 24.5 Å². The van der Waals surface area contributed by atoms with Crippen LogP contribution >= 0.6 is 0 Å². The lowest BCUT2D eigenvalue weighted by Gasteiger charge is -2.37. The van der Waals surface area contributed by atoms with E-state index in [4.69, 9.17) is 14.6 Å². The van der Waals surface area contributed by atoms with Crippen molar-refractivity contribution in [3.05, 3.63) is 35.5 Å². The number of aromatic nitrogens is 2. The summed E-state index contributed by atoms with van der Waals surface area (Å²) in [4.78, 5) is 20.6.